The van der Waals surface area contributed by atoms with Gasteiger partial charge >= 0.3 is 0 Å². The molecule has 0 heterocycles. The van der Waals surface area contributed by atoms with Gasteiger partial charge in [-0.05, 0) is 72.1 Å². The van der Waals surface area contributed by atoms with Crippen molar-refractivity contribution in [2.75, 3.05) is 0 Å². The topological polar surface area (TPSA) is 40.5 Å². The fraction of sp³-hybridized carbons (Fsp3) is 0.333. The van der Waals surface area contributed by atoms with Gasteiger partial charge in [0.15, 0.2) is 17.4 Å². The normalized spacial score (nSPS) is 21.2. The van der Waals surface area contributed by atoms with Crippen LogP contribution in [0.1, 0.15) is 36.5 Å². The molecule has 0 spiro atoms. The molecule has 2 N–H and O–H groups in total. The standard InChI is InChI=1S/C18H18F2O2/c1-18(13-8-15(19)17(22)16(20)9-13)6-2-3-11-7-14(21)5-4-12(11)10-18/h4-5,7-9,21-22H,2-3,6,10H2,1H3. The maximum atomic E-state index is 13.7. The summed E-state index contributed by atoms with van der Waals surface area (Å²) in [4.78, 5) is 0. The number of aromatic hydroxyl groups is 2. The molecule has 4 heteroatoms. The Hall–Kier alpha value is -2.10. The lowest BCUT2D eigenvalue weighted by Crippen LogP contribution is -2.24. The van der Waals surface area contributed by atoms with Crippen LogP contribution >= 0.6 is 0 Å². The highest BCUT2D eigenvalue weighted by Gasteiger charge is 2.31. The molecule has 0 saturated heterocycles. The van der Waals surface area contributed by atoms with Crippen LogP contribution in [0.3, 0.4) is 0 Å². The third-order valence-corrected chi connectivity index (χ3v) is 4.66. The molecule has 2 nitrogen and oxygen atoms in total. The van der Waals surface area contributed by atoms with E-state index in [1.54, 1.807) is 12.1 Å². The molecule has 1 aliphatic rings. The average molecular weight is 304 g/mol. The maximum Gasteiger partial charge on any atom is 0.187 e. The Morgan fingerprint density at radius 1 is 1.00 bits per heavy atom. The van der Waals surface area contributed by atoms with Gasteiger partial charge in [-0.3, -0.25) is 0 Å². The first-order valence-electron chi connectivity index (χ1n) is 7.38. The van der Waals surface area contributed by atoms with Crippen molar-refractivity contribution in [2.45, 2.75) is 38.0 Å². The third kappa shape index (κ3) is 2.54. The first-order valence-corrected chi connectivity index (χ1v) is 7.38. The fourth-order valence-electron chi connectivity index (χ4n) is 3.36. The zero-order valence-electron chi connectivity index (χ0n) is 12.4. The number of hydrogen-bond acceptors (Lipinski definition) is 2. The number of rotatable bonds is 1. The highest BCUT2D eigenvalue weighted by atomic mass is 19.1. The summed E-state index contributed by atoms with van der Waals surface area (Å²) in [6, 6.07) is 7.73. The smallest absolute Gasteiger partial charge is 0.187 e. The highest BCUT2D eigenvalue weighted by Crippen LogP contribution is 2.39. The van der Waals surface area contributed by atoms with Crippen molar-refractivity contribution in [1.29, 1.82) is 0 Å². The van der Waals surface area contributed by atoms with Gasteiger partial charge in [0.05, 0.1) is 0 Å². The molecule has 0 aromatic heterocycles. The van der Waals surface area contributed by atoms with Crippen LogP contribution in [-0.2, 0) is 18.3 Å². The molecular formula is C18H18F2O2. The zero-order chi connectivity index (χ0) is 15.9. The van der Waals surface area contributed by atoms with Crippen LogP contribution in [0.15, 0.2) is 30.3 Å². The number of phenolic OH excluding ortho intramolecular Hbond substituents is 2. The van der Waals surface area contributed by atoms with Crippen LogP contribution in [-0.4, -0.2) is 10.2 Å². The summed E-state index contributed by atoms with van der Waals surface area (Å²) in [5.41, 5.74) is 2.33. The Kier molecular flexibility index (Phi) is 3.55. The van der Waals surface area contributed by atoms with Crippen molar-refractivity contribution < 1.29 is 19.0 Å². The average Bonchev–Trinajstić information content (AvgIpc) is 2.63. The quantitative estimate of drug-likeness (QED) is 0.775. The summed E-state index contributed by atoms with van der Waals surface area (Å²) in [6.07, 6.45) is 3.14. The first kappa shape index (κ1) is 14.8. The summed E-state index contributed by atoms with van der Waals surface area (Å²) >= 11 is 0. The Bertz CT molecular complexity index is 704. The molecule has 0 aliphatic heterocycles. The molecule has 2 aromatic carbocycles. The van der Waals surface area contributed by atoms with E-state index in [9.17, 15) is 19.0 Å². The summed E-state index contributed by atoms with van der Waals surface area (Å²) in [5, 5.41) is 18.9. The fourth-order valence-corrected chi connectivity index (χ4v) is 3.36. The lowest BCUT2D eigenvalue weighted by atomic mass is 9.75. The van der Waals surface area contributed by atoms with E-state index in [4.69, 9.17) is 0 Å². The van der Waals surface area contributed by atoms with E-state index in [1.807, 2.05) is 13.0 Å². The minimum absolute atomic E-state index is 0.240. The molecule has 3 rings (SSSR count). The number of phenols is 2. The van der Waals surface area contributed by atoms with E-state index >= 15 is 0 Å². The second kappa shape index (κ2) is 5.27. The first-order chi connectivity index (χ1) is 10.4. The largest absolute Gasteiger partial charge is 0.508 e. The van der Waals surface area contributed by atoms with Crippen molar-refractivity contribution in [3.05, 3.63) is 58.7 Å². The molecular weight excluding hydrogens is 286 g/mol. The Balaban J connectivity index is 2.04. The zero-order valence-corrected chi connectivity index (χ0v) is 12.4. The van der Waals surface area contributed by atoms with E-state index in [1.165, 1.54) is 12.1 Å². The van der Waals surface area contributed by atoms with Gasteiger partial charge in [-0.2, -0.15) is 0 Å². The maximum absolute atomic E-state index is 13.7. The van der Waals surface area contributed by atoms with Crippen LogP contribution in [0, 0.1) is 11.6 Å². The van der Waals surface area contributed by atoms with Crippen molar-refractivity contribution >= 4 is 0 Å². The number of fused-ring (bicyclic) bond motifs is 1. The van der Waals surface area contributed by atoms with E-state index in [0.29, 0.717) is 12.0 Å². The number of halogens is 2. The second-order valence-corrected chi connectivity index (χ2v) is 6.33. The van der Waals surface area contributed by atoms with Crippen LogP contribution < -0.4 is 0 Å². The highest BCUT2D eigenvalue weighted by molar-refractivity contribution is 5.41. The number of benzene rings is 2. The van der Waals surface area contributed by atoms with Gasteiger partial charge in [-0.25, -0.2) is 8.78 Å². The summed E-state index contributed by atoms with van der Waals surface area (Å²) in [6.45, 7) is 1.99. The van der Waals surface area contributed by atoms with Crippen molar-refractivity contribution in [1.82, 2.24) is 0 Å². The van der Waals surface area contributed by atoms with Gasteiger partial charge in [-0.1, -0.05) is 13.0 Å². The lowest BCUT2D eigenvalue weighted by molar-refractivity contribution is 0.384. The van der Waals surface area contributed by atoms with Crippen LogP contribution in [0.4, 0.5) is 8.78 Å². The SMILES string of the molecule is CC1(c2cc(F)c(O)c(F)c2)CCCc2cc(O)ccc2C1. The monoisotopic (exact) mass is 304 g/mol. The second-order valence-electron chi connectivity index (χ2n) is 6.33. The van der Waals surface area contributed by atoms with E-state index in [0.717, 1.165) is 30.4 Å². The van der Waals surface area contributed by atoms with E-state index < -0.39 is 22.8 Å². The summed E-state index contributed by atoms with van der Waals surface area (Å²) in [7, 11) is 0. The van der Waals surface area contributed by atoms with Crippen LogP contribution in [0.2, 0.25) is 0 Å². The molecule has 22 heavy (non-hydrogen) atoms. The summed E-state index contributed by atoms with van der Waals surface area (Å²) in [5.74, 6) is -2.53. The molecule has 116 valence electrons. The Morgan fingerprint density at radius 3 is 2.36 bits per heavy atom. The van der Waals surface area contributed by atoms with Crippen LogP contribution in [0.5, 0.6) is 11.5 Å². The van der Waals surface area contributed by atoms with Crippen molar-refractivity contribution in [3.8, 4) is 11.5 Å². The summed E-state index contributed by atoms with van der Waals surface area (Å²) < 4.78 is 27.4. The predicted octanol–water partition coefficient (Wildman–Crippen LogP) is 4.21. The van der Waals surface area contributed by atoms with E-state index in [-0.39, 0.29) is 5.75 Å². The van der Waals surface area contributed by atoms with Gasteiger partial charge in [0.1, 0.15) is 5.75 Å². The Morgan fingerprint density at radius 2 is 1.68 bits per heavy atom. The van der Waals surface area contributed by atoms with Crippen molar-refractivity contribution in [3.63, 3.8) is 0 Å². The van der Waals surface area contributed by atoms with Crippen LogP contribution in [0.25, 0.3) is 0 Å². The molecule has 0 fully saturated rings. The number of hydrogen-bond donors (Lipinski definition) is 2. The molecule has 1 atom stereocenters. The molecule has 0 bridgehead atoms. The molecule has 1 aliphatic carbocycles. The van der Waals surface area contributed by atoms with Gasteiger partial charge in [0, 0.05) is 0 Å². The molecule has 1 unspecified atom stereocenters. The van der Waals surface area contributed by atoms with Gasteiger partial charge in [0.2, 0.25) is 0 Å². The molecule has 2 aromatic rings. The van der Waals surface area contributed by atoms with E-state index in [2.05, 4.69) is 0 Å². The number of aryl methyl sites for hydroxylation is 1. The molecule has 0 amide bonds. The minimum Gasteiger partial charge on any atom is -0.508 e. The van der Waals surface area contributed by atoms with Gasteiger partial charge < -0.3 is 10.2 Å². The Labute approximate surface area is 128 Å². The molecule has 0 saturated carbocycles. The third-order valence-electron chi connectivity index (χ3n) is 4.66. The van der Waals surface area contributed by atoms with Gasteiger partial charge in [-0.15, -0.1) is 0 Å². The van der Waals surface area contributed by atoms with Gasteiger partial charge in [0.25, 0.3) is 0 Å². The lowest BCUT2D eigenvalue weighted by Gasteiger charge is -2.29. The molecule has 0 radical (unpaired) electrons. The van der Waals surface area contributed by atoms with Crippen molar-refractivity contribution in [2.24, 2.45) is 0 Å². The minimum atomic E-state index is -0.925. The predicted molar refractivity (Wildman–Crippen MR) is 80.1 cm³/mol.